The number of carbonyl (C=O) groups excluding carboxylic acids is 1. The summed E-state index contributed by atoms with van der Waals surface area (Å²) < 4.78 is 10.5. The number of nitrogens with one attached hydrogen (secondary N) is 1. The highest BCUT2D eigenvalue weighted by Crippen LogP contribution is 2.52. The minimum atomic E-state index is -0.547. The predicted molar refractivity (Wildman–Crippen MR) is 62.8 cm³/mol. The molecule has 0 bridgehead atoms. The van der Waals surface area contributed by atoms with Gasteiger partial charge in [-0.1, -0.05) is 0 Å². The molecule has 17 heavy (non-hydrogen) atoms. The number of hydrazine groups is 1. The maximum Gasteiger partial charge on any atom is 0.244 e. The molecule has 5 heteroatoms. The quantitative estimate of drug-likeness (QED) is 0.459. The Morgan fingerprint density at radius 1 is 1.35 bits per heavy atom. The number of nitrogens with two attached hydrogens (primary N) is 1. The van der Waals surface area contributed by atoms with Crippen molar-refractivity contribution in [2.24, 2.45) is 5.84 Å². The highest BCUT2D eigenvalue weighted by Gasteiger charge is 2.52. The van der Waals surface area contributed by atoms with Gasteiger partial charge in [-0.05, 0) is 31.0 Å². The fourth-order valence-electron chi connectivity index (χ4n) is 2.07. The molecule has 0 heterocycles. The van der Waals surface area contributed by atoms with Gasteiger partial charge < -0.3 is 9.47 Å². The maximum absolute atomic E-state index is 11.8. The van der Waals surface area contributed by atoms with Gasteiger partial charge in [-0.2, -0.15) is 0 Å². The Morgan fingerprint density at radius 3 is 2.53 bits per heavy atom. The number of ether oxygens (including phenoxy) is 2. The third-order valence-electron chi connectivity index (χ3n) is 3.24. The lowest BCUT2D eigenvalue weighted by molar-refractivity contribution is -0.123. The van der Waals surface area contributed by atoms with Crippen molar-refractivity contribution in [3.8, 4) is 11.5 Å². The molecule has 1 fully saturated rings. The zero-order chi connectivity index (χ0) is 12.5. The molecule has 92 valence electrons. The van der Waals surface area contributed by atoms with Crippen molar-refractivity contribution in [3.05, 3.63) is 23.8 Å². The molecular formula is C12H16N2O3. The van der Waals surface area contributed by atoms with E-state index in [4.69, 9.17) is 15.3 Å². The summed E-state index contributed by atoms with van der Waals surface area (Å²) >= 11 is 0. The van der Waals surface area contributed by atoms with Crippen LogP contribution in [0.5, 0.6) is 11.5 Å². The van der Waals surface area contributed by atoms with Crippen molar-refractivity contribution in [1.82, 2.24) is 5.43 Å². The van der Waals surface area contributed by atoms with Gasteiger partial charge in [-0.3, -0.25) is 10.2 Å². The fourth-order valence-corrected chi connectivity index (χ4v) is 2.07. The second-order valence-electron chi connectivity index (χ2n) is 4.12. The number of benzene rings is 1. The topological polar surface area (TPSA) is 73.6 Å². The zero-order valence-electron chi connectivity index (χ0n) is 9.95. The largest absolute Gasteiger partial charge is 0.497 e. The molecule has 0 aromatic heterocycles. The molecular weight excluding hydrogens is 220 g/mol. The van der Waals surface area contributed by atoms with Crippen LogP contribution < -0.4 is 20.7 Å². The Bertz CT molecular complexity index is 441. The summed E-state index contributed by atoms with van der Waals surface area (Å²) in [6.45, 7) is 0. The van der Waals surface area contributed by atoms with Gasteiger partial charge in [-0.25, -0.2) is 5.84 Å². The summed E-state index contributed by atoms with van der Waals surface area (Å²) in [4.78, 5) is 11.8. The van der Waals surface area contributed by atoms with Crippen molar-refractivity contribution < 1.29 is 14.3 Å². The van der Waals surface area contributed by atoms with E-state index in [0.29, 0.717) is 11.5 Å². The average molecular weight is 236 g/mol. The Morgan fingerprint density at radius 2 is 2.06 bits per heavy atom. The lowest BCUT2D eigenvalue weighted by Crippen LogP contribution is -2.39. The van der Waals surface area contributed by atoms with E-state index in [1.54, 1.807) is 26.4 Å². The molecule has 5 nitrogen and oxygen atoms in total. The van der Waals surface area contributed by atoms with E-state index >= 15 is 0 Å². The Kier molecular flexibility index (Phi) is 2.93. The van der Waals surface area contributed by atoms with Crippen LogP contribution in [-0.2, 0) is 10.2 Å². The number of methoxy groups -OCH3 is 2. The van der Waals surface area contributed by atoms with Crippen molar-refractivity contribution in [3.63, 3.8) is 0 Å². The second kappa shape index (κ2) is 4.25. The minimum Gasteiger partial charge on any atom is -0.497 e. The van der Waals surface area contributed by atoms with E-state index in [1.807, 2.05) is 6.07 Å². The number of amides is 1. The molecule has 2 rings (SSSR count). The number of hydrogen-bond acceptors (Lipinski definition) is 4. The first-order valence-electron chi connectivity index (χ1n) is 5.41. The maximum atomic E-state index is 11.8. The molecule has 0 saturated heterocycles. The van der Waals surface area contributed by atoms with Crippen molar-refractivity contribution >= 4 is 5.91 Å². The fraction of sp³-hybridized carbons (Fsp3) is 0.417. The normalized spacial score (nSPS) is 16.2. The van der Waals surface area contributed by atoms with Crippen LogP contribution in [0.3, 0.4) is 0 Å². The molecule has 1 amide bonds. The Hall–Kier alpha value is -1.75. The SMILES string of the molecule is COc1ccc(OC)c(C2(C(=O)NN)CC2)c1. The molecule has 3 N–H and O–H groups in total. The van der Waals surface area contributed by atoms with Gasteiger partial charge in [-0.15, -0.1) is 0 Å². The lowest BCUT2D eigenvalue weighted by atomic mass is 9.94. The van der Waals surface area contributed by atoms with E-state index in [-0.39, 0.29) is 5.91 Å². The van der Waals surface area contributed by atoms with Crippen LogP contribution in [-0.4, -0.2) is 20.1 Å². The zero-order valence-corrected chi connectivity index (χ0v) is 9.95. The van der Waals surface area contributed by atoms with Gasteiger partial charge in [0, 0.05) is 5.56 Å². The highest BCUT2D eigenvalue weighted by atomic mass is 16.5. The first kappa shape index (κ1) is 11.7. The first-order chi connectivity index (χ1) is 8.17. The van der Waals surface area contributed by atoms with Gasteiger partial charge in [0.1, 0.15) is 11.5 Å². The summed E-state index contributed by atoms with van der Waals surface area (Å²) in [6.07, 6.45) is 1.55. The molecule has 1 aromatic rings. The van der Waals surface area contributed by atoms with Gasteiger partial charge >= 0.3 is 0 Å². The molecule has 1 aliphatic rings. The van der Waals surface area contributed by atoms with E-state index in [0.717, 1.165) is 18.4 Å². The number of carbonyl (C=O) groups is 1. The van der Waals surface area contributed by atoms with Crippen LogP contribution in [0.15, 0.2) is 18.2 Å². The summed E-state index contributed by atoms with van der Waals surface area (Å²) in [7, 11) is 3.18. The van der Waals surface area contributed by atoms with Gasteiger partial charge in [0.15, 0.2) is 0 Å². The van der Waals surface area contributed by atoms with Crippen LogP contribution >= 0.6 is 0 Å². The van der Waals surface area contributed by atoms with Gasteiger partial charge in [0.25, 0.3) is 0 Å². The first-order valence-corrected chi connectivity index (χ1v) is 5.41. The number of hydrogen-bond donors (Lipinski definition) is 2. The Labute approximate surface area is 99.9 Å². The molecule has 0 radical (unpaired) electrons. The monoisotopic (exact) mass is 236 g/mol. The lowest BCUT2D eigenvalue weighted by Gasteiger charge is -2.18. The third-order valence-corrected chi connectivity index (χ3v) is 3.24. The van der Waals surface area contributed by atoms with E-state index in [9.17, 15) is 4.79 Å². The van der Waals surface area contributed by atoms with Crippen molar-refractivity contribution in [2.75, 3.05) is 14.2 Å². The summed E-state index contributed by atoms with van der Waals surface area (Å²) in [5.41, 5.74) is 2.51. The summed E-state index contributed by atoms with van der Waals surface area (Å²) in [5.74, 6) is 6.44. The standard InChI is InChI=1S/C12H16N2O3/c1-16-8-3-4-10(17-2)9(7-8)12(5-6-12)11(15)14-13/h3-4,7H,5-6,13H2,1-2H3,(H,14,15). The van der Waals surface area contributed by atoms with Crippen LogP contribution in [0.4, 0.5) is 0 Å². The van der Waals surface area contributed by atoms with Crippen LogP contribution in [0, 0.1) is 0 Å². The van der Waals surface area contributed by atoms with Crippen LogP contribution in [0.25, 0.3) is 0 Å². The van der Waals surface area contributed by atoms with Gasteiger partial charge in [0.2, 0.25) is 5.91 Å². The Balaban J connectivity index is 2.46. The van der Waals surface area contributed by atoms with Gasteiger partial charge in [0.05, 0.1) is 19.6 Å². The van der Waals surface area contributed by atoms with E-state index in [1.165, 1.54) is 0 Å². The molecule has 0 aliphatic heterocycles. The summed E-state index contributed by atoms with van der Waals surface area (Å²) in [5, 5.41) is 0. The highest BCUT2D eigenvalue weighted by molar-refractivity contribution is 5.91. The molecule has 1 saturated carbocycles. The second-order valence-corrected chi connectivity index (χ2v) is 4.12. The van der Waals surface area contributed by atoms with E-state index < -0.39 is 5.41 Å². The van der Waals surface area contributed by atoms with Crippen LogP contribution in [0.2, 0.25) is 0 Å². The number of rotatable bonds is 4. The van der Waals surface area contributed by atoms with Crippen molar-refractivity contribution in [1.29, 1.82) is 0 Å². The third kappa shape index (κ3) is 1.82. The average Bonchev–Trinajstić information content (AvgIpc) is 3.18. The van der Waals surface area contributed by atoms with Crippen molar-refractivity contribution in [2.45, 2.75) is 18.3 Å². The predicted octanol–water partition coefficient (Wildman–Crippen LogP) is 0.725. The van der Waals surface area contributed by atoms with E-state index in [2.05, 4.69) is 5.43 Å². The minimum absolute atomic E-state index is 0.177. The molecule has 0 atom stereocenters. The molecule has 0 unspecified atom stereocenters. The molecule has 1 aromatic carbocycles. The summed E-state index contributed by atoms with van der Waals surface area (Å²) in [6, 6.07) is 5.44. The molecule has 0 spiro atoms. The van der Waals surface area contributed by atoms with Crippen LogP contribution in [0.1, 0.15) is 18.4 Å². The smallest absolute Gasteiger partial charge is 0.244 e. The molecule has 1 aliphatic carbocycles.